The number of anilines is 2. The van der Waals surface area contributed by atoms with Crippen molar-refractivity contribution in [2.75, 3.05) is 29.9 Å². The van der Waals surface area contributed by atoms with Gasteiger partial charge in [0, 0.05) is 29.4 Å². The molecule has 2 saturated heterocycles. The number of nitrogens with zero attached hydrogens (tertiary/aromatic N) is 3. The summed E-state index contributed by atoms with van der Waals surface area (Å²) in [5, 5.41) is 2.98. The third kappa shape index (κ3) is 6.30. The first-order valence-corrected chi connectivity index (χ1v) is 16.1. The summed E-state index contributed by atoms with van der Waals surface area (Å²) in [4.78, 5) is 24.6. The number of halogens is 1. The zero-order chi connectivity index (χ0) is 27.6. The molecule has 1 spiro atoms. The van der Waals surface area contributed by atoms with Gasteiger partial charge in [-0.15, -0.1) is 0 Å². The summed E-state index contributed by atoms with van der Waals surface area (Å²) in [7, 11) is -3.74. The van der Waals surface area contributed by atoms with Crippen LogP contribution in [0.3, 0.4) is 0 Å². The van der Waals surface area contributed by atoms with Gasteiger partial charge in [-0.25, -0.2) is 27.9 Å². The molecule has 1 aliphatic carbocycles. The van der Waals surface area contributed by atoms with Crippen LogP contribution in [0.2, 0.25) is 5.02 Å². The van der Waals surface area contributed by atoms with Crippen LogP contribution in [0, 0.1) is 5.41 Å². The van der Waals surface area contributed by atoms with Gasteiger partial charge in [0.15, 0.2) is 0 Å². The van der Waals surface area contributed by atoms with Crippen molar-refractivity contribution in [1.29, 1.82) is 0 Å². The molecule has 0 unspecified atom stereocenters. The minimum Gasteiger partial charge on any atom is -0.376 e. The maximum Gasteiger partial charge on any atom is 0.332 e. The van der Waals surface area contributed by atoms with Crippen LogP contribution in [0.5, 0.6) is 0 Å². The van der Waals surface area contributed by atoms with Gasteiger partial charge in [-0.05, 0) is 44.7 Å². The van der Waals surface area contributed by atoms with Crippen LogP contribution >= 0.6 is 23.4 Å². The third-order valence-electron chi connectivity index (χ3n) is 8.20. The summed E-state index contributed by atoms with van der Waals surface area (Å²) in [5.41, 5.74) is 6.79. The highest BCUT2D eigenvalue weighted by Gasteiger charge is 2.47. The average molecular weight is 595 g/mol. The van der Waals surface area contributed by atoms with Gasteiger partial charge in [-0.1, -0.05) is 48.7 Å². The summed E-state index contributed by atoms with van der Waals surface area (Å²) >= 11 is 7.88. The lowest BCUT2D eigenvalue weighted by atomic mass is 9.73. The predicted octanol–water partition coefficient (Wildman–Crippen LogP) is 4.40. The van der Waals surface area contributed by atoms with Gasteiger partial charge in [0.05, 0.1) is 41.1 Å². The van der Waals surface area contributed by atoms with E-state index in [1.165, 1.54) is 11.8 Å². The second-order valence-electron chi connectivity index (χ2n) is 10.7. The number of sulfonamides is 1. The number of hydrogen-bond acceptors (Lipinski definition) is 9. The van der Waals surface area contributed by atoms with E-state index >= 15 is 0 Å². The highest BCUT2D eigenvalue weighted by Crippen LogP contribution is 2.42. The molecule has 2 aromatic rings. The molecule has 0 radical (unpaired) electrons. The highest BCUT2D eigenvalue weighted by molar-refractivity contribution is 7.99. The molecule has 212 valence electrons. The number of rotatable bonds is 6. The van der Waals surface area contributed by atoms with E-state index in [2.05, 4.69) is 24.9 Å². The summed E-state index contributed by atoms with van der Waals surface area (Å²) < 4.78 is 33.1. The van der Waals surface area contributed by atoms with Gasteiger partial charge in [-0.2, -0.15) is 0 Å². The van der Waals surface area contributed by atoms with Gasteiger partial charge in [0.25, 0.3) is 0 Å². The normalized spacial score (nSPS) is 23.6. The molecule has 2 aliphatic heterocycles. The first kappa shape index (κ1) is 28.4. The molecule has 1 aromatic carbocycles. The van der Waals surface area contributed by atoms with Crippen LogP contribution in [0.15, 0.2) is 40.5 Å². The van der Waals surface area contributed by atoms with Gasteiger partial charge < -0.3 is 20.7 Å². The molecule has 3 heterocycles. The number of carbonyl (C=O) groups is 1. The number of ether oxygens (including phenoxy) is 1. The largest absolute Gasteiger partial charge is 0.376 e. The maximum absolute atomic E-state index is 12.6. The summed E-state index contributed by atoms with van der Waals surface area (Å²) in [6.07, 6.45) is 9.33. The fraction of sp³-hybridized carbons (Fsp3) is 0.577. The molecule has 5 rings (SSSR count). The fourth-order valence-electron chi connectivity index (χ4n) is 5.71. The van der Waals surface area contributed by atoms with E-state index in [1.54, 1.807) is 24.5 Å². The van der Waals surface area contributed by atoms with Crippen LogP contribution in [0.1, 0.15) is 51.9 Å². The Morgan fingerprint density at radius 1 is 1.18 bits per heavy atom. The average Bonchev–Trinajstić information content (AvgIpc) is 3.20. The van der Waals surface area contributed by atoms with E-state index in [-0.39, 0.29) is 17.6 Å². The molecule has 13 heteroatoms. The van der Waals surface area contributed by atoms with Gasteiger partial charge >= 0.3 is 6.03 Å². The third-order valence-corrected chi connectivity index (χ3v) is 11.5. The van der Waals surface area contributed by atoms with Crippen LogP contribution < -0.4 is 20.7 Å². The van der Waals surface area contributed by atoms with Crippen molar-refractivity contribution in [2.45, 2.75) is 79.2 Å². The number of urea groups is 1. The summed E-state index contributed by atoms with van der Waals surface area (Å²) in [5.74, 6) is 0.812. The highest BCUT2D eigenvalue weighted by atomic mass is 35.5. The molecule has 1 saturated carbocycles. The van der Waals surface area contributed by atoms with Crippen molar-refractivity contribution in [2.24, 2.45) is 11.1 Å². The van der Waals surface area contributed by atoms with Crippen molar-refractivity contribution >= 4 is 50.9 Å². The smallest absolute Gasteiger partial charge is 0.332 e. The first-order valence-electron chi connectivity index (χ1n) is 13.4. The Bertz CT molecular complexity index is 1280. The van der Waals surface area contributed by atoms with Gasteiger partial charge in [0.2, 0.25) is 10.0 Å². The van der Waals surface area contributed by atoms with Gasteiger partial charge in [0.1, 0.15) is 10.8 Å². The predicted molar refractivity (Wildman–Crippen MR) is 153 cm³/mol. The molecule has 39 heavy (non-hydrogen) atoms. The van der Waals surface area contributed by atoms with Crippen molar-refractivity contribution in [3.63, 3.8) is 0 Å². The van der Waals surface area contributed by atoms with E-state index in [1.807, 2.05) is 13.0 Å². The number of nitrogens with one attached hydrogen (secondary N) is 2. The zero-order valence-electron chi connectivity index (χ0n) is 21.9. The topological polar surface area (TPSA) is 140 Å². The molecule has 0 bridgehead atoms. The van der Waals surface area contributed by atoms with Gasteiger partial charge in [-0.3, -0.25) is 0 Å². The fourth-order valence-corrected chi connectivity index (χ4v) is 8.22. The number of amides is 2. The van der Waals surface area contributed by atoms with Crippen LogP contribution in [-0.4, -0.2) is 61.5 Å². The Morgan fingerprint density at radius 2 is 1.92 bits per heavy atom. The molecule has 3 aliphatic rings. The van der Waals surface area contributed by atoms with E-state index in [4.69, 9.17) is 22.1 Å². The first-order chi connectivity index (χ1) is 18.7. The lowest BCUT2D eigenvalue weighted by molar-refractivity contribution is 0.0974. The molecule has 2 atom stereocenters. The lowest BCUT2D eigenvalue weighted by Crippen LogP contribution is -2.50. The molecular formula is C26H35ClN6O4S2. The number of hydrogen-bond donors (Lipinski definition) is 3. The molecule has 4 N–H and O–H groups in total. The molecular weight excluding hydrogens is 560 g/mol. The van der Waals surface area contributed by atoms with Crippen LogP contribution in [-0.2, 0) is 14.8 Å². The SMILES string of the molecule is C[C@@H]1OCC2(CCN(c3cnc(Sc4cccc(NC(=O)NS(=O)(=O)C5CCCCC5)c4Cl)cn3)CC2)[C@@H]1N. The van der Waals surface area contributed by atoms with Crippen LogP contribution in [0.25, 0.3) is 0 Å². The Kier molecular flexibility index (Phi) is 8.58. The van der Waals surface area contributed by atoms with Crippen molar-refractivity contribution < 1.29 is 17.9 Å². The number of aromatic nitrogens is 2. The van der Waals surface area contributed by atoms with E-state index in [0.717, 1.165) is 57.6 Å². The Morgan fingerprint density at radius 3 is 2.56 bits per heavy atom. The molecule has 1 aromatic heterocycles. The maximum atomic E-state index is 12.6. The minimum absolute atomic E-state index is 0.0475. The van der Waals surface area contributed by atoms with Crippen molar-refractivity contribution in [3.8, 4) is 0 Å². The Balaban J connectivity index is 1.18. The van der Waals surface area contributed by atoms with E-state index in [9.17, 15) is 13.2 Å². The Labute approximate surface area is 238 Å². The second kappa shape index (κ2) is 11.8. The van der Waals surface area contributed by atoms with E-state index in [0.29, 0.717) is 33.5 Å². The lowest BCUT2D eigenvalue weighted by Gasteiger charge is -2.41. The Hall–Kier alpha value is -2.12. The summed E-state index contributed by atoms with van der Waals surface area (Å²) in [6.45, 7) is 4.46. The van der Waals surface area contributed by atoms with Crippen molar-refractivity contribution in [3.05, 3.63) is 35.6 Å². The number of carbonyl (C=O) groups excluding carboxylic acids is 1. The second-order valence-corrected chi connectivity index (χ2v) is 14.1. The number of nitrogens with two attached hydrogens (primary N) is 1. The standard InChI is InChI=1S/C26H35ClN6O4S2/c1-17-24(28)26(16-37-17)10-12-33(13-11-26)21-14-30-22(15-29-21)38-20-9-5-8-19(23(20)27)31-25(34)32-39(35,36)18-6-3-2-4-7-18/h5,8-9,14-15,17-18,24H,2-4,6-7,10-13,16,28H2,1H3,(H2,31,32,34)/t17-,24+/m0/s1. The number of benzene rings is 1. The molecule has 3 fully saturated rings. The zero-order valence-corrected chi connectivity index (χ0v) is 24.3. The van der Waals surface area contributed by atoms with E-state index < -0.39 is 21.3 Å². The van der Waals surface area contributed by atoms with Crippen molar-refractivity contribution in [1.82, 2.24) is 14.7 Å². The molecule has 2 amide bonds. The quantitative estimate of drug-likeness (QED) is 0.444. The summed E-state index contributed by atoms with van der Waals surface area (Å²) in [6, 6.07) is 4.41. The molecule has 10 nitrogen and oxygen atoms in total. The van der Waals surface area contributed by atoms with Crippen LogP contribution in [0.4, 0.5) is 16.3 Å². The minimum atomic E-state index is -3.74. The number of piperidine rings is 1. The monoisotopic (exact) mass is 594 g/mol.